The van der Waals surface area contributed by atoms with E-state index in [9.17, 15) is 4.79 Å². The van der Waals surface area contributed by atoms with E-state index in [0.717, 1.165) is 50.9 Å². The zero-order chi connectivity index (χ0) is 17.3. The van der Waals surface area contributed by atoms with Gasteiger partial charge in [0.05, 0.1) is 18.8 Å². The highest BCUT2D eigenvalue weighted by atomic mass is 16.5. The SMILES string of the molecule is COc1cccc2c1CC[C@H]2NC(=O)N[C@@H]1CCOC2(CCCC2)C1. The quantitative estimate of drug-likeness (QED) is 0.883. The molecule has 2 N–H and O–H groups in total. The minimum Gasteiger partial charge on any atom is -0.496 e. The van der Waals surface area contributed by atoms with Gasteiger partial charge in [-0.3, -0.25) is 0 Å². The molecule has 2 aliphatic carbocycles. The Morgan fingerprint density at radius 1 is 1.24 bits per heavy atom. The first kappa shape index (κ1) is 16.7. The minimum atomic E-state index is -0.0549. The molecule has 5 nitrogen and oxygen atoms in total. The number of urea groups is 1. The molecule has 1 saturated carbocycles. The Morgan fingerprint density at radius 2 is 2.08 bits per heavy atom. The standard InChI is InChI=1S/C20H28N2O3/c1-24-18-6-4-5-15-16(18)7-8-17(15)22-19(23)21-14-9-12-25-20(13-14)10-2-3-11-20/h4-6,14,17H,2-3,7-13H2,1H3,(H2,21,22,23)/t14-,17-/m1/s1. The summed E-state index contributed by atoms with van der Waals surface area (Å²) in [6.45, 7) is 0.758. The van der Waals surface area contributed by atoms with Gasteiger partial charge >= 0.3 is 6.03 Å². The van der Waals surface area contributed by atoms with E-state index in [-0.39, 0.29) is 23.7 Å². The highest BCUT2D eigenvalue weighted by Gasteiger charge is 2.40. The number of fused-ring (bicyclic) bond motifs is 1. The Labute approximate surface area is 149 Å². The normalized spacial score (nSPS) is 27.1. The van der Waals surface area contributed by atoms with E-state index in [0.29, 0.717) is 0 Å². The first-order valence-electron chi connectivity index (χ1n) is 9.56. The third-order valence-electron chi connectivity index (χ3n) is 6.10. The lowest BCUT2D eigenvalue weighted by atomic mass is 9.89. The van der Waals surface area contributed by atoms with Gasteiger partial charge in [0.15, 0.2) is 0 Å². The number of rotatable bonds is 3. The lowest BCUT2D eigenvalue weighted by Crippen LogP contribution is -2.50. The van der Waals surface area contributed by atoms with Crippen molar-refractivity contribution in [1.29, 1.82) is 0 Å². The lowest BCUT2D eigenvalue weighted by Gasteiger charge is -2.38. The number of benzene rings is 1. The van der Waals surface area contributed by atoms with Crippen LogP contribution < -0.4 is 15.4 Å². The Bertz CT molecular complexity index is 640. The molecule has 25 heavy (non-hydrogen) atoms. The van der Waals surface area contributed by atoms with E-state index in [1.165, 1.54) is 24.0 Å². The lowest BCUT2D eigenvalue weighted by molar-refractivity contribution is -0.0820. The van der Waals surface area contributed by atoms with E-state index >= 15 is 0 Å². The van der Waals surface area contributed by atoms with Crippen molar-refractivity contribution in [3.63, 3.8) is 0 Å². The van der Waals surface area contributed by atoms with Gasteiger partial charge in [-0.1, -0.05) is 25.0 Å². The molecule has 4 rings (SSSR count). The van der Waals surface area contributed by atoms with Crippen LogP contribution in [0.5, 0.6) is 5.75 Å². The fourth-order valence-electron chi connectivity index (χ4n) is 4.87. The molecule has 1 aromatic carbocycles. The molecule has 5 heteroatoms. The Hall–Kier alpha value is -1.75. The number of ether oxygens (including phenoxy) is 2. The highest BCUT2D eigenvalue weighted by Crippen LogP contribution is 2.40. The zero-order valence-corrected chi connectivity index (χ0v) is 15.0. The molecule has 1 spiro atoms. The molecule has 0 unspecified atom stereocenters. The number of hydrogen-bond donors (Lipinski definition) is 2. The van der Waals surface area contributed by atoms with Crippen LogP contribution in [0.25, 0.3) is 0 Å². The molecule has 2 fully saturated rings. The fourth-order valence-corrected chi connectivity index (χ4v) is 4.87. The minimum absolute atomic E-state index is 0.0313. The van der Waals surface area contributed by atoms with Crippen molar-refractivity contribution in [1.82, 2.24) is 10.6 Å². The van der Waals surface area contributed by atoms with Crippen molar-refractivity contribution in [3.05, 3.63) is 29.3 Å². The molecular formula is C20H28N2O3. The predicted molar refractivity (Wildman–Crippen MR) is 95.9 cm³/mol. The first-order chi connectivity index (χ1) is 12.2. The number of amides is 2. The summed E-state index contributed by atoms with van der Waals surface area (Å²) >= 11 is 0. The molecule has 0 aromatic heterocycles. The van der Waals surface area contributed by atoms with Crippen LogP contribution >= 0.6 is 0 Å². The van der Waals surface area contributed by atoms with Crippen molar-refractivity contribution >= 4 is 6.03 Å². The Balaban J connectivity index is 1.36. The van der Waals surface area contributed by atoms with Crippen LogP contribution in [0, 0.1) is 0 Å². The van der Waals surface area contributed by atoms with Gasteiger partial charge in [0.2, 0.25) is 0 Å². The summed E-state index contributed by atoms with van der Waals surface area (Å²) in [7, 11) is 1.70. The van der Waals surface area contributed by atoms with Crippen molar-refractivity contribution in [2.24, 2.45) is 0 Å². The fraction of sp³-hybridized carbons (Fsp3) is 0.650. The smallest absolute Gasteiger partial charge is 0.315 e. The summed E-state index contributed by atoms with van der Waals surface area (Å²) < 4.78 is 11.5. The maximum Gasteiger partial charge on any atom is 0.315 e. The second kappa shape index (κ2) is 6.87. The summed E-state index contributed by atoms with van der Waals surface area (Å²) in [5, 5.41) is 6.36. The van der Waals surface area contributed by atoms with Crippen LogP contribution in [0.3, 0.4) is 0 Å². The summed E-state index contributed by atoms with van der Waals surface area (Å²) in [6, 6.07) is 6.32. The molecule has 1 saturated heterocycles. The van der Waals surface area contributed by atoms with Crippen molar-refractivity contribution in [2.75, 3.05) is 13.7 Å². The largest absolute Gasteiger partial charge is 0.496 e. The molecule has 136 valence electrons. The van der Waals surface area contributed by atoms with Crippen LogP contribution in [0.15, 0.2) is 18.2 Å². The van der Waals surface area contributed by atoms with Crippen LogP contribution in [0.1, 0.15) is 62.1 Å². The van der Waals surface area contributed by atoms with Crippen molar-refractivity contribution < 1.29 is 14.3 Å². The number of hydrogen-bond acceptors (Lipinski definition) is 3. The molecular weight excluding hydrogens is 316 g/mol. The summed E-state index contributed by atoms with van der Waals surface area (Å²) in [5.41, 5.74) is 2.45. The van der Waals surface area contributed by atoms with Gasteiger partial charge in [0.25, 0.3) is 0 Å². The maximum atomic E-state index is 12.5. The summed E-state index contributed by atoms with van der Waals surface area (Å²) in [4.78, 5) is 12.5. The van der Waals surface area contributed by atoms with Crippen LogP contribution in [-0.4, -0.2) is 31.4 Å². The molecule has 0 bridgehead atoms. The van der Waals surface area contributed by atoms with Crippen molar-refractivity contribution in [2.45, 2.75) is 69.1 Å². The highest BCUT2D eigenvalue weighted by molar-refractivity contribution is 5.75. The molecule has 1 heterocycles. The van der Waals surface area contributed by atoms with Gasteiger partial charge in [-0.25, -0.2) is 4.79 Å². The molecule has 1 aromatic rings. The van der Waals surface area contributed by atoms with E-state index in [1.807, 2.05) is 12.1 Å². The Kier molecular flexibility index (Phi) is 4.59. The molecule has 1 aliphatic heterocycles. The molecule has 3 aliphatic rings. The van der Waals surface area contributed by atoms with E-state index in [4.69, 9.17) is 9.47 Å². The summed E-state index contributed by atoms with van der Waals surface area (Å²) in [5.74, 6) is 0.926. The molecule has 0 radical (unpaired) electrons. The number of methoxy groups -OCH3 is 1. The monoisotopic (exact) mass is 344 g/mol. The number of nitrogens with one attached hydrogen (secondary N) is 2. The average Bonchev–Trinajstić information content (AvgIpc) is 3.22. The summed E-state index contributed by atoms with van der Waals surface area (Å²) in [6.07, 6.45) is 8.52. The first-order valence-corrected chi connectivity index (χ1v) is 9.56. The van der Waals surface area contributed by atoms with Gasteiger partial charge in [-0.05, 0) is 55.7 Å². The van der Waals surface area contributed by atoms with Gasteiger partial charge in [0, 0.05) is 12.6 Å². The predicted octanol–water partition coefficient (Wildman–Crippen LogP) is 3.47. The second-order valence-corrected chi connectivity index (χ2v) is 7.67. The number of carbonyl (C=O) groups excluding carboxylic acids is 1. The average molecular weight is 344 g/mol. The second-order valence-electron chi connectivity index (χ2n) is 7.67. The Morgan fingerprint density at radius 3 is 2.88 bits per heavy atom. The topological polar surface area (TPSA) is 59.6 Å². The van der Waals surface area contributed by atoms with Gasteiger partial charge in [-0.2, -0.15) is 0 Å². The van der Waals surface area contributed by atoms with Gasteiger partial charge in [0.1, 0.15) is 5.75 Å². The number of carbonyl (C=O) groups is 1. The zero-order valence-electron chi connectivity index (χ0n) is 15.0. The van der Waals surface area contributed by atoms with Crippen LogP contribution in [0.2, 0.25) is 0 Å². The third kappa shape index (κ3) is 3.34. The van der Waals surface area contributed by atoms with E-state index < -0.39 is 0 Å². The molecule has 2 atom stereocenters. The van der Waals surface area contributed by atoms with Crippen LogP contribution in [-0.2, 0) is 11.2 Å². The van der Waals surface area contributed by atoms with E-state index in [2.05, 4.69) is 16.7 Å². The van der Waals surface area contributed by atoms with Crippen LogP contribution in [0.4, 0.5) is 4.79 Å². The third-order valence-corrected chi connectivity index (χ3v) is 6.10. The maximum absolute atomic E-state index is 12.5. The van der Waals surface area contributed by atoms with Gasteiger partial charge in [-0.15, -0.1) is 0 Å². The van der Waals surface area contributed by atoms with Crippen molar-refractivity contribution in [3.8, 4) is 5.75 Å². The molecule has 2 amide bonds. The van der Waals surface area contributed by atoms with Gasteiger partial charge < -0.3 is 20.1 Å². The van der Waals surface area contributed by atoms with E-state index in [1.54, 1.807) is 7.11 Å².